The van der Waals surface area contributed by atoms with Crippen LogP contribution in [0.3, 0.4) is 0 Å². The molecule has 2 aliphatic rings. The van der Waals surface area contributed by atoms with Gasteiger partial charge < -0.3 is 24.2 Å². The number of aryl methyl sites for hydroxylation is 2. The van der Waals surface area contributed by atoms with E-state index in [0.717, 1.165) is 26.2 Å². The molecule has 0 spiro atoms. The molecule has 33 heavy (non-hydrogen) atoms. The summed E-state index contributed by atoms with van der Waals surface area (Å²) < 4.78 is 18.6. The predicted octanol–water partition coefficient (Wildman–Crippen LogP) is 4.94. The van der Waals surface area contributed by atoms with Crippen molar-refractivity contribution in [1.82, 2.24) is 0 Å². The molecule has 11 heteroatoms. The minimum Gasteiger partial charge on any atom is -0.786 e. The smallest absolute Gasteiger partial charge is 0.385 e. The normalized spacial score (nSPS) is 15.0. The molecule has 0 aliphatic carbocycles. The minimum absolute atomic E-state index is 0.630. The number of hydrogen-bond donors (Lipinski definition) is 0. The number of diazo groups is 2. The Morgan fingerprint density at radius 1 is 0.788 bits per heavy atom. The molecule has 2 saturated heterocycles. The summed E-state index contributed by atoms with van der Waals surface area (Å²) >= 11 is 0. The van der Waals surface area contributed by atoms with Crippen molar-refractivity contribution < 1.29 is 18.5 Å². The molecule has 2 aromatic rings. The van der Waals surface area contributed by atoms with Gasteiger partial charge in [-0.25, -0.2) is 4.20 Å². The molecule has 0 aromatic heterocycles. The fourth-order valence-corrected chi connectivity index (χ4v) is 4.03. The lowest BCUT2D eigenvalue weighted by atomic mass is 10.1. The number of nitrogens with zero attached hydrogens (tertiary/aromatic N) is 6. The van der Waals surface area contributed by atoms with Gasteiger partial charge in [-0.1, -0.05) is 0 Å². The van der Waals surface area contributed by atoms with Gasteiger partial charge in [0.05, 0.1) is 0 Å². The molecule has 0 saturated carbocycles. The summed E-state index contributed by atoms with van der Waals surface area (Å²) in [5, 5.41) is 17.3. The number of anilines is 2. The first-order valence-electron chi connectivity index (χ1n) is 10.8. The zero-order valence-electron chi connectivity index (χ0n) is 18.9. The Hall–Kier alpha value is -3.04. The highest BCUT2D eigenvalue weighted by molar-refractivity contribution is 7.42. The van der Waals surface area contributed by atoms with Crippen LogP contribution in [-0.4, -0.2) is 26.2 Å². The Morgan fingerprint density at radius 2 is 1.09 bits per heavy atom. The lowest BCUT2D eigenvalue weighted by Crippen LogP contribution is -2.18. The fourth-order valence-electron chi connectivity index (χ4n) is 4.03. The third-order valence-corrected chi connectivity index (χ3v) is 5.49. The Labute approximate surface area is 193 Å². The number of halogens is 1. The quantitative estimate of drug-likeness (QED) is 0.445. The largest absolute Gasteiger partial charge is 0.786 e. The first-order chi connectivity index (χ1) is 15.6. The highest BCUT2D eigenvalue weighted by atomic mass is 31.2. The van der Waals surface area contributed by atoms with Gasteiger partial charge in [0, 0.05) is 61.8 Å². The third-order valence-electron chi connectivity index (χ3n) is 5.49. The lowest BCUT2D eigenvalue weighted by Gasteiger charge is -2.19. The highest BCUT2D eigenvalue weighted by Crippen LogP contribution is 2.28. The van der Waals surface area contributed by atoms with Gasteiger partial charge in [0.2, 0.25) is 10.8 Å². The maximum Gasteiger partial charge on any atom is 0.385 e. The topological polar surface area (TPSA) is 126 Å². The standard InChI is InChI=1S/2C11H14N3.FH2O3P/c2*1-9-8-10(13-12)4-5-11(9)14-6-2-3-7-14;1-5(2,3)4/h2*4-5,8H,2-3,6-7H2,1H3;(H2,2,3,4)/q2*+1;/p-2. The van der Waals surface area contributed by atoms with Crippen LogP contribution in [0.5, 0.6) is 0 Å². The molecule has 9 nitrogen and oxygen atoms in total. The van der Waals surface area contributed by atoms with E-state index in [4.69, 9.17) is 25.1 Å². The summed E-state index contributed by atoms with van der Waals surface area (Å²) in [6.07, 6.45) is 5.13. The molecule has 2 fully saturated rings. The Kier molecular flexibility index (Phi) is 9.74. The number of hydrogen-bond acceptors (Lipinski definition) is 7. The van der Waals surface area contributed by atoms with Gasteiger partial charge in [-0.15, -0.1) is 0 Å². The number of rotatable bonds is 2. The monoisotopic (exact) mass is 474 g/mol. The van der Waals surface area contributed by atoms with Crippen LogP contribution in [0.1, 0.15) is 36.8 Å². The maximum absolute atomic E-state index is 10.1. The van der Waals surface area contributed by atoms with Crippen molar-refractivity contribution in [2.75, 3.05) is 36.0 Å². The molecule has 176 valence electrons. The van der Waals surface area contributed by atoms with E-state index in [0.29, 0.717) is 11.4 Å². The molecule has 4 rings (SSSR count). The van der Waals surface area contributed by atoms with Crippen molar-refractivity contribution in [2.45, 2.75) is 39.5 Å². The first kappa shape index (κ1) is 26.2. The van der Waals surface area contributed by atoms with E-state index < -0.39 is 7.91 Å². The molecular formula is C22H28FN6O3P. The zero-order valence-corrected chi connectivity index (χ0v) is 19.7. The van der Waals surface area contributed by atoms with Crippen molar-refractivity contribution >= 4 is 30.7 Å². The average Bonchev–Trinajstić information content (AvgIpc) is 3.47. The summed E-state index contributed by atoms with van der Waals surface area (Å²) in [5.74, 6) is 0. The molecule has 0 radical (unpaired) electrons. The zero-order chi connectivity index (χ0) is 24.4. The molecule has 2 heterocycles. The molecule has 0 bridgehead atoms. The van der Waals surface area contributed by atoms with Gasteiger partial charge in [0.25, 0.3) is 0 Å². The van der Waals surface area contributed by atoms with Crippen LogP contribution in [-0.2, 0) is 4.57 Å². The lowest BCUT2D eigenvalue weighted by molar-refractivity contribution is -0.328. The predicted molar refractivity (Wildman–Crippen MR) is 123 cm³/mol. The van der Waals surface area contributed by atoms with Gasteiger partial charge >= 0.3 is 11.4 Å². The maximum atomic E-state index is 10.1. The molecular weight excluding hydrogens is 446 g/mol. The van der Waals surface area contributed by atoms with E-state index in [1.165, 1.54) is 48.2 Å². The summed E-state index contributed by atoms with van der Waals surface area (Å²) in [5.41, 5.74) is 6.17. The van der Waals surface area contributed by atoms with Crippen LogP contribution in [0.25, 0.3) is 9.95 Å². The Bertz CT molecular complexity index is 983. The van der Waals surface area contributed by atoms with E-state index in [9.17, 15) is 4.20 Å². The Balaban J connectivity index is 0.000000195. The van der Waals surface area contributed by atoms with Crippen molar-refractivity contribution in [3.8, 4) is 0 Å². The van der Waals surface area contributed by atoms with Gasteiger partial charge in [0.15, 0.2) is 9.95 Å². The van der Waals surface area contributed by atoms with Crippen LogP contribution >= 0.6 is 7.91 Å². The molecule has 0 amide bonds. The van der Waals surface area contributed by atoms with Gasteiger partial charge in [-0.3, -0.25) is 0 Å². The van der Waals surface area contributed by atoms with E-state index in [1.54, 1.807) is 0 Å². The molecule has 0 N–H and O–H groups in total. The van der Waals surface area contributed by atoms with Crippen LogP contribution in [0.2, 0.25) is 0 Å². The van der Waals surface area contributed by atoms with Crippen molar-refractivity contribution in [2.24, 2.45) is 0 Å². The molecule has 2 aromatic carbocycles. The van der Waals surface area contributed by atoms with Crippen LogP contribution < -0.4 is 19.6 Å². The van der Waals surface area contributed by atoms with E-state index in [1.807, 2.05) is 36.4 Å². The van der Waals surface area contributed by atoms with Crippen LogP contribution in [0.4, 0.5) is 26.9 Å². The summed E-state index contributed by atoms with van der Waals surface area (Å²) in [4.78, 5) is 28.0. The van der Waals surface area contributed by atoms with Crippen molar-refractivity contribution in [3.63, 3.8) is 0 Å². The third kappa shape index (κ3) is 8.78. The molecule has 2 aliphatic heterocycles. The fraction of sp³-hybridized carbons (Fsp3) is 0.455. The number of benzene rings is 2. The molecule has 0 atom stereocenters. The van der Waals surface area contributed by atoms with Crippen LogP contribution in [0, 0.1) is 24.6 Å². The van der Waals surface area contributed by atoms with Gasteiger partial charge in [-0.2, -0.15) is 0 Å². The summed E-state index contributed by atoms with van der Waals surface area (Å²) in [6.45, 7) is 8.71. The van der Waals surface area contributed by atoms with Gasteiger partial charge in [0.1, 0.15) is 7.91 Å². The van der Waals surface area contributed by atoms with E-state index in [2.05, 4.69) is 33.6 Å². The molecule has 0 unspecified atom stereocenters. The second-order valence-corrected chi connectivity index (χ2v) is 8.82. The SMILES string of the molecule is Cc1cc([N+]#N)ccc1N1CCCC1.Cc1cc([N+]#N)ccc1N1CCCC1.O=P([O-])([O-])F. The first-order valence-corrected chi connectivity index (χ1v) is 12.2. The highest BCUT2D eigenvalue weighted by Gasteiger charge is 2.17. The van der Waals surface area contributed by atoms with Gasteiger partial charge in [-0.05, 0) is 62.8 Å². The van der Waals surface area contributed by atoms with E-state index >= 15 is 0 Å². The minimum atomic E-state index is -5.64. The Morgan fingerprint density at radius 3 is 1.33 bits per heavy atom. The second kappa shape index (κ2) is 12.3. The van der Waals surface area contributed by atoms with E-state index in [-0.39, 0.29) is 0 Å². The van der Waals surface area contributed by atoms with Crippen molar-refractivity contribution in [3.05, 3.63) is 57.5 Å². The van der Waals surface area contributed by atoms with Crippen LogP contribution in [0.15, 0.2) is 36.4 Å². The van der Waals surface area contributed by atoms with Crippen molar-refractivity contribution in [1.29, 1.82) is 10.8 Å². The second-order valence-electron chi connectivity index (χ2n) is 7.96. The summed E-state index contributed by atoms with van der Waals surface area (Å²) in [7, 11) is -5.64. The summed E-state index contributed by atoms with van der Waals surface area (Å²) in [6, 6.07) is 11.6. The average molecular weight is 474 g/mol.